The Kier molecular flexibility index (Phi) is 5.68. The van der Waals surface area contributed by atoms with E-state index in [1.54, 1.807) is 20.8 Å². The first-order valence-corrected chi connectivity index (χ1v) is 9.38. The molecule has 0 spiro atoms. The number of anilines is 2. The number of rotatable bonds is 4. The van der Waals surface area contributed by atoms with Crippen LogP contribution in [0.2, 0.25) is 0 Å². The van der Waals surface area contributed by atoms with Gasteiger partial charge >= 0.3 is 6.09 Å². The largest absolute Gasteiger partial charge is 0.444 e. The van der Waals surface area contributed by atoms with Crippen molar-refractivity contribution in [3.8, 4) is 0 Å². The number of carbonyl (C=O) groups is 2. The van der Waals surface area contributed by atoms with Crippen molar-refractivity contribution in [2.75, 3.05) is 10.6 Å². The van der Waals surface area contributed by atoms with Gasteiger partial charge in [0.05, 0.1) is 5.69 Å². The van der Waals surface area contributed by atoms with Crippen molar-refractivity contribution in [1.29, 1.82) is 0 Å². The number of amides is 2. The molecule has 0 aliphatic heterocycles. The normalized spacial score (nSPS) is 15.6. The van der Waals surface area contributed by atoms with Crippen LogP contribution in [-0.2, 0) is 16.0 Å². The minimum absolute atomic E-state index is 0.0433. The van der Waals surface area contributed by atoms with Crippen LogP contribution >= 0.6 is 0 Å². The fourth-order valence-corrected chi connectivity index (χ4v) is 3.41. The molecule has 0 radical (unpaired) electrons. The molecule has 0 bridgehead atoms. The molecule has 2 amide bonds. The second-order valence-electron chi connectivity index (χ2n) is 8.01. The van der Waals surface area contributed by atoms with Crippen LogP contribution in [0.5, 0.6) is 0 Å². The Morgan fingerprint density at radius 1 is 1.14 bits per heavy atom. The second-order valence-corrected chi connectivity index (χ2v) is 8.01. The van der Waals surface area contributed by atoms with E-state index in [2.05, 4.69) is 22.8 Å². The first-order chi connectivity index (χ1) is 13.2. The Morgan fingerprint density at radius 3 is 2.64 bits per heavy atom. The van der Waals surface area contributed by atoms with Gasteiger partial charge in [-0.1, -0.05) is 24.3 Å². The molecule has 0 fully saturated rings. The lowest BCUT2D eigenvalue weighted by Gasteiger charge is -2.20. The highest BCUT2D eigenvalue weighted by molar-refractivity contribution is 5.93. The van der Waals surface area contributed by atoms with E-state index in [1.807, 2.05) is 12.1 Å². The molecule has 1 unspecified atom stereocenters. The maximum absolute atomic E-state index is 14.0. The van der Waals surface area contributed by atoms with E-state index in [4.69, 9.17) is 4.74 Å². The van der Waals surface area contributed by atoms with Crippen LogP contribution in [0.4, 0.5) is 20.6 Å². The van der Waals surface area contributed by atoms with Crippen molar-refractivity contribution >= 4 is 23.4 Å². The number of halogens is 1. The van der Waals surface area contributed by atoms with Crippen molar-refractivity contribution in [2.24, 2.45) is 0 Å². The Balaban J connectivity index is 1.63. The number of carbonyl (C=O) groups excluding carboxylic acids is 2. The van der Waals surface area contributed by atoms with Crippen molar-refractivity contribution in [3.05, 3.63) is 59.4 Å². The monoisotopic (exact) mass is 384 g/mol. The maximum atomic E-state index is 14.0. The summed E-state index contributed by atoms with van der Waals surface area (Å²) in [6, 6.07) is 12.2. The lowest BCUT2D eigenvalue weighted by atomic mass is 9.97. The van der Waals surface area contributed by atoms with Gasteiger partial charge in [0.15, 0.2) is 0 Å². The van der Waals surface area contributed by atoms with Gasteiger partial charge in [0.25, 0.3) is 0 Å². The van der Waals surface area contributed by atoms with E-state index in [1.165, 1.54) is 29.3 Å². The molecular formula is C22H25FN2O3. The van der Waals surface area contributed by atoms with E-state index >= 15 is 0 Å². The number of hydrogen-bond acceptors (Lipinski definition) is 3. The average Bonchev–Trinajstić information content (AvgIpc) is 2.99. The van der Waals surface area contributed by atoms with E-state index in [-0.39, 0.29) is 17.5 Å². The Hall–Kier alpha value is -2.89. The average molecular weight is 384 g/mol. The number of aryl methyl sites for hydroxylation is 1. The smallest absolute Gasteiger partial charge is 0.412 e. The Bertz CT molecular complexity index is 890. The van der Waals surface area contributed by atoms with Gasteiger partial charge < -0.3 is 10.1 Å². The van der Waals surface area contributed by atoms with Crippen LogP contribution in [0.1, 0.15) is 50.7 Å². The lowest BCUT2D eigenvalue weighted by molar-refractivity contribution is -0.116. The van der Waals surface area contributed by atoms with E-state index in [0.29, 0.717) is 12.1 Å². The molecule has 3 rings (SSSR count). The van der Waals surface area contributed by atoms with Gasteiger partial charge in [-0.05, 0) is 68.9 Å². The summed E-state index contributed by atoms with van der Waals surface area (Å²) in [7, 11) is 0. The zero-order valence-corrected chi connectivity index (χ0v) is 16.3. The minimum atomic E-state index is -0.752. The Morgan fingerprint density at radius 2 is 1.89 bits per heavy atom. The third-order valence-corrected chi connectivity index (χ3v) is 4.57. The number of fused-ring (bicyclic) bond motifs is 1. The van der Waals surface area contributed by atoms with Gasteiger partial charge in [-0.25, -0.2) is 9.18 Å². The summed E-state index contributed by atoms with van der Waals surface area (Å²) in [5.74, 6) is -0.555. The maximum Gasteiger partial charge on any atom is 0.412 e. The SMILES string of the molecule is CC(C)(C)OC(=O)Nc1cc(NC(=O)CC2CCc3ccccc32)ccc1F. The Labute approximate surface area is 164 Å². The van der Waals surface area contributed by atoms with Crippen LogP contribution in [0, 0.1) is 5.82 Å². The first-order valence-electron chi connectivity index (χ1n) is 9.38. The summed E-state index contributed by atoms with van der Waals surface area (Å²) in [5, 5.41) is 5.17. The standard InChI is InChI=1S/C22H25FN2O3/c1-22(2,3)28-21(27)25-19-13-16(10-11-18(19)23)24-20(26)12-15-9-8-14-6-4-5-7-17(14)15/h4-7,10-11,13,15H,8-9,12H2,1-3H3,(H,24,26)(H,25,27). The molecule has 6 heteroatoms. The second kappa shape index (κ2) is 8.00. The molecule has 2 aromatic carbocycles. The van der Waals surface area contributed by atoms with Crippen LogP contribution < -0.4 is 10.6 Å². The highest BCUT2D eigenvalue weighted by atomic mass is 19.1. The topological polar surface area (TPSA) is 67.4 Å². The third kappa shape index (κ3) is 5.09. The highest BCUT2D eigenvalue weighted by Gasteiger charge is 2.24. The van der Waals surface area contributed by atoms with Gasteiger partial charge in [0.1, 0.15) is 11.4 Å². The molecule has 1 aliphatic carbocycles. The molecular weight excluding hydrogens is 359 g/mol. The van der Waals surface area contributed by atoms with Crippen molar-refractivity contribution in [2.45, 2.75) is 51.6 Å². The zero-order valence-electron chi connectivity index (χ0n) is 16.3. The fraction of sp³-hybridized carbons (Fsp3) is 0.364. The summed E-state index contributed by atoms with van der Waals surface area (Å²) in [6.07, 6.45) is 1.54. The van der Waals surface area contributed by atoms with Gasteiger partial charge in [-0.15, -0.1) is 0 Å². The molecule has 5 nitrogen and oxygen atoms in total. The quantitative estimate of drug-likeness (QED) is 0.758. The van der Waals surface area contributed by atoms with E-state index < -0.39 is 17.5 Å². The summed E-state index contributed by atoms with van der Waals surface area (Å²) in [6.45, 7) is 5.17. The predicted octanol–water partition coefficient (Wildman–Crippen LogP) is 5.23. The van der Waals surface area contributed by atoms with Crippen molar-refractivity contribution < 1.29 is 18.7 Å². The van der Waals surface area contributed by atoms with Crippen LogP contribution in [0.25, 0.3) is 0 Å². The molecule has 0 heterocycles. The van der Waals surface area contributed by atoms with Crippen molar-refractivity contribution in [3.63, 3.8) is 0 Å². The molecule has 0 aromatic heterocycles. The van der Waals surface area contributed by atoms with Gasteiger partial charge in [0.2, 0.25) is 5.91 Å². The molecule has 28 heavy (non-hydrogen) atoms. The van der Waals surface area contributed by atoms with Crippen LogP contribution in [-0.4, -0.2) is 17.6 Å². The zero-order chi connectivity index (χ0) is 20.3. The molecule has 0 saturated heterocycles. The highest BCUT2D eigenvalue weighted by Crippen LogP contribution is 2.35. The summed E-state index contributed by atoms with van der Waals surface area (Å²) < 4.78 is 19.1. The van der Waals surface area contributed by atoms with Crippen molar-refractivity contribution in [1.82, 2.24) is 0 Å². The third-order valence-electron chi connectivity index (χ3n) is 4.57. The number of hydrogen-bond donors (Lipinski definition) is 2. The van der Waals surface area contributed by atoms with Crippen LogP contribution in [0.3, 0.4) is 0 Å². The molecule has 2 aromatic rings. The molecule has 148 valence electrons. The van der Waals surface area contributed by atoms with Crippen LogP contribution in [0.15, 0.2) is 42.5 Å². The van der Waals surface area contributed by atoms with Gasteiger partial charge in [0, 0.05) is 12.1 Å². The molecule has 1 aliphatic rings. The van der Waals surface area contributed by atoms with E-state index in [9.17, 15) is 14.0 Å². The predicted molar refractivity (Wildman–Crippen MR) is 107 cm³/mol. The number of nitrogens with one attached hydrogen (secondary N) is 2. The lowest BCUT2D eigenvalue weighted by Crippen LogP contribution is -2.27. The molecule has 2 N–H and O–H groups in total. The summed E-state index contributed by atoms with van der Waals surface area (Å²) in [4.78, 5) is 24.3. The summed E-state index contributed by atoms with van der Waals surface area (Å²) in [5.41, 5.74) is 2.21. The fourth-order valence-electron chi connectivity index (χ4n) is 3.41. The number of benzene rings is 2. The van der Waals surface area contributed by atoms with Gasteiger partial charge in [-0.3, -0.25) is 10.1 Å². The number of ether oxygens (including phenoxy) is 1. The first kappa shape index (κ1) is 19.9. The van der Waals surface area contributed by atoms with E-state index in [0.717, 1.165) is 12.8 Å². The summed E-state index contributed by atoms with van der Waals surface area (Å²) >= 11 is 0. The molecule has 0 saturated carbocycles. The van der Waals surface area contributed by atoms with Gasteiger partial charge in [-0.2, -0.15) is 0 Å². The minimum Gasteiger partial charge on any atom is -0.444 e. The molecule has 1 atom stereocenters.